The van der Waals surface area contributed by atoms with Gasteiger partial charge in [-0.1, -0.05) is 37.0 Å². The number of anilines is 2. The molecule has 1 heterocycles. The fourth-order valence-corrected chi connectivity index (χ4v) is 2.48. The van der Waals surface area contributed by atoms with Crippen LogP contribution in [-0.4, -0.2) is 17.4 Å². The predicted octanol–water partition coefficient (Wildman–Crippen LogP) is 5.10. The van der Waals surface area contributed by atoms with Crippen LogP contribution in [0, 0.1) is 5.92 Å². The standard InChI is InChI=1S/C17H19Cl2N3O/c1-11(2)5-6-20-16-4-3-12(10-21-16)17(23)22-15-8-13(18)7-14(19)9-15/h3-4,7-11H,5-6H2,1-2H3,(H,20,21)(H,22,23). The van der Waals surface area contributed by atoms with Gasteiger partial charge in [-0.15, -0.1) is 0 Å². The van der Waals surface area contributed by atoms with Crippen LogP contribution in [0.3, 0.4) is 0 Å². The minimum absolute atomic E-state index is 0.260. The van der Waals surface area contributed by atoms with Crippen molar-refractivity contribution in [2.75, 3.05) is 17.2 Å². The first-order valence-electron chi connectivity index (χ1n) is 7.41. The summed E-state index contributed by atoms with van der Waals surface area (Å²) in [6.45, 7) is 5.20. The Balaban J connectivity index is 1.97. The molecule has 0 radical (unpaired) electrons. The van der Waals surface area contributed by atoms with Crippen molar-refractivity contribution in [3.05, 3.63) is 52.1 Å². The van der Waals surface area contributed by atoms with Gasteiger partial charge in [-0.25, -0.2) is 4.98 Å². The van der Waals surface area contributed by atoms with E-state index in [1.807, 2.05) is 0 Å². The first kappa shape index (κ1) is 17.6. The number of rotatable bonds is 6. The molecule has 1 aromatic heterocycles. The lowest BCUT2D eigenvalue weighted by Gasteiger charge is -2.09. The van der Waals surface area contributed by atoms with E-state index in [1.165, 1.54) is 0 Å². The Morgan fingerprint density at radius 3 is 2.43 bits per heavy atom. The molecule has 0 spiro atoms. The van der Waals surface area contributed by atoms with Gasteiger partial charge in [0.25, 0.3) is 5.91 Å². The van der Waals surface area contributed by atoms with Gasteiger partial charge in [-0.2, -0.15) is 0 Å². The third-order valence-corrected chi connectivity index (χ3v) is 3.61. The summed E-state index contributed by atoms with van der Waals surface area (Å²) in [5.41, 5.74) is 1.02. The van der Waals surface area contributed by atoms with E-state index in [4.69, 9.17) is 23.2 Å². The number of nitrogens with zero attached hydrogens (tertiary/aromatic N) is 1. The number of nitrogens with one attached hydrogen (secondary N) is 2. The zero-order valence-corrected chi connectivity index (χ0v) is 14.6. The van der Waals surface area contributed by atoms with Crippen LogP contribution in [-0.2, 0) is 0 Å². The minimum Gasteiger partial charge on any atom is -0.370 e. The van der Waals surface area contributed by atoms with Crippen molar-refractivity contribution in [1.29, 1.82) is 0 Å². The Hall–Kier alpha value is -1.78. The van der Waals surface area contributed by atoms with E-state index in [0.29, 0.717) is 27.2 Å². The van der Waals surface area contributed by atoms with Gasteiger partial charge in [0.15, 0.2) is 0 Å². The van der Waals surface area contributed by atoms with Crippen LogP contribution >= 0.6 is 23.2 Å². The Morgan fingerprint density at radius 1 is 1.17 bits per heavy atom. The number of aromatic nitrogens is 1. The number of pyridine rings is 1. The van der Waals surface area contributed by atoms with Crippen molar-refractivity contribution in [1.82, 2.24) is 4.98 Å². The molecule has 0 aliphatic carbocycles. The number of carbonyl (C=O) groups excluding carboxylic acids is 1. The molecule has 2 aromatic rings. The van der Waals surface area contributed by atoms with Crippen LogP contribution < -0.4 is 10.6 Å². The molecule has 1 aromatic carbocycles. The largest absolute Gasteiger partial charge is 0.370 e. The molecule has 1 amide bonds. The summed E-state index contributed by atoms with van der Waals surface area (Å²) in [7, 11) is 0. The molecular formula is C17H19Cl2N3O. The molecule has 0 atom stereocenters. The van der Waals surface area contributed by atoms with Gasteiger partial charge in [0.1, 0.15) is 5.82 Å². The predicted molar refractivity (Wildman–Crippen MR) is 96.6 cm³/mol. The lowest BCUT2D eigenvalue weighted by atomic mass is 10.1. The number of halogens is 2. The van der Waals surface area contributed by atoms with E-state index in [9.17, 15) is 4.79 Å². The van der Waals surface area contributed by atoms with Gasteiger partial charge < -0.3 is 10.6 Å². The quantitative estimate of drug-likeness (QED) is 0.761. The van der Waals surface area contributed by atoms with E-state index >= 15 is 0 Å². The average Bonchev–Trinajstić information content (AvgIpc) is 2.46. The summed E-state index contributed by atoms with van der Waals surface area (Å²) in [6, 6.07) is 8.41. The molecule has 23 heavy (non-hydrogen) atoms. The second kappa shape index (κ2) is 8.18. The molecule has 2 rings (SSSR count). The molecule has 0 bridgehead atoms. The number of hydrogen-bond acceptors (Lipinski definition) is 3. The van der Waals surface area contributed by atoms with Crippen LogP contribution in [0.2, 0.25) is 10.0 Å². The van der Waals surface area contributed by atoms with Gasteiger partial charge in [0.2, 0.25) is 0 Å². The first-order chi connectivity index (χ1) is 10.9. The van der Waals surface area contributed by atoms with Crippen LogP contribution in [0.25, 0.3) is 0 Å². The topological polar surface area (TPSA) is 54.0 Å². The van der Waals surface area contributed by atoms with Crippen LogP contribution in [0.15, 0.2) is 36.5 Å². The van der Waals surface area contributed by atoms with Gasteiger partial charge in [-0.05, 0) is 42.7 Å². The normalized spacial score (nSPS) is 10.7. The maximum atomic E-state index is 12.2. The number of benzene rings is 1. The number of hydrogen-bond donors (Lipinski definition) is 2. The number of amides is 1. The van der Waals surface area contributed by atoms with E-state index < -0.39 is 0 Å². The molecular weight excluding hydrogens is 333 g/mol. The molecule has 4 nitrogen and oxygen atoms in total. The summed E-state index contributed by atoms with van der Waals surface area (Å²) in [5.74, 6) is 1.13. The molecule has 0 saturated carbocycles. The molecule has 0 fully saturated rings. The Kier molecular flexibility index (Phi) is 6.25. The fraction of sp³-hybridized carbons (Fsp3) is 0.294. The van der Waals surface area contributed by atoms with Crippen molar-refractivity contribution in [3.63, 3.8) is 0 Å². The van der Waals surface area contributed by atoms with E-state index in [1.54, 1.807) is 36.5 Å². The van der Waals surface area contributed by atoms with Crippen molar-refractivity contribution in [2.45, 2.75) is 20.3 Å². The fourth-order valence-electron chi connectivity index (χ4n) is 1.95. The lowest BCUT2D eigenvalue weighted by molar-refractivity contribution is 0.102. The van der Waals surface area contributed by atoms with Crippen LogP contribution in [0.1, 0.15) is 30.6 Å². The Labute approximate surface area is 146 Å². The second-order valence-electron chi connectivity index (χ2n) is 5.65. The SMILES string of the molecule is CC(C)CCNc1ccc(C(=O)Nc2cc(Cl)cc(Cl)c2)cn1. The van der Waals surface area contributed by atoms with Gasteiger partial charge in [0, 0.05) is 28.5 Å². The highest BCUT2D eigenvalue weighted by Gasteiger charge is 2.08. The van der Waals surface area contributed by atoms with Gasteiger partial charge in [0.05, 0.1) is 5.56 Å². The summed E-state index contributed by atoms with van der Waals surface area (Å²) >= 11 is 11.8. The third-order valence-electron chi connectivity index (χ3n) is 3.17. The highest BCUT2D eigenvalue weighted by molar-refractivity contribution is 6.35. The third kappa shape index (κ3) is 5.73. The number of carbonyl (C=O) groups is 1. The summed E-state index contributed by atoms with van der Waals surface area (Å²) in [4.78, 5) is 16.4. The van der Waals surface area contributed by atoms with E-state index in [0.717, 1.165) is 18.8 Å². The lowest BCUT2D eigenvalue weighted by Crippen LogP contribution is -2.13. The van der Waals surface area contributed by atoms with E-state index in [2.05, 4.69) is 29.5 Å². The second-order valence-corrected chi connectivity index (χ2v) is 6.53. The monoisotopic (exact) mass is 351 g/mol. The first-order valence-corrected chi connectivity index (χ1v) is 8.17. The molecule has 0 unspecified atom stereocenters. The summed E-state index contributed by atoms with van der Waals surface area (Å²) in [5, 5.41) is 6.91. The van der Waals surface area contributed by atoms with Crippen molar-refractivity contribution in [2.24, 2.45) is 5.92 Å². The molecule has 2 N–H and O–H groups in total. The zero-order chi connectivity index (χ0) is 16.8. The average molecular weight is 352 g/mol. The minimum atomic E-state index is -0.260. The molecule has 122 valence electrons. The van der Waals surface area contributed by atoms with Crippen LogP contribution in [0.4, 0.5) is 11.5 Å². The van der Waals surface area contributed by atoms with Crippen molar-refractivity contribution in [3.8, 4) is 0 Å². The summed E-state index contributed by atoms with van der Waals surface area (Å²) in [6.07, 6.45) is 2.61. The van der Waals surface area contributed by atoms with Gasteiger partial charge >= 0.3 is 0 Å². The van der Waals surface area contributed by atoms with E-state index in [-0.39, 0.29) is 5.91 Å². The van der Waals surface area contributed by atoms with Gasteiger partial charge in [-0.3, -0.25) is 4.79 Å². The zero-order valence-electron chi connectivity index (χ0n) is 13.1. The van der Waals surface area contributed by atoms with Crippen molar-refractivity contribution >= 4 is 40.6 Å². The summed E-state index contributed by atoms with van der Waals surface area (Å²) < 4.78 is 0. The molecule has 0 aliphatic heterocycles. The highest BCUT2D eigenvalue weighted by atomic mass is 35.5. The van der Waals surface area contributed by atoms with Crippen LogP contribution in [0.5, 0.6) is 0 Å². The maximum Gasteiger partial charge on any atom is 0.257 e. The Bertz CT molecular complexity index is 652. The maximum absolute atomic E-state index is 12.2. The highest BCUT2D eigenvalue weighted by Crippen LogP contribution is 2.23. The van der Waals surface area contributed by atoms with Crippen molar-refractivity contribution < 1.29 is 4.79 Å². The molecule has 0 aliphatic rings. The molecule has 0 saturated heterocycles. The Morgan fingerprint density at radius 2 is 1.87 bits per heavy atom. The molecule has 6 heteroatoms. The smallest absolute Gasteiger partial charge is 0.257 e.